The van der Waals surface area contributed by atoms with Gasteiger partial charge in [-0.25, -0.2) is 0 Å². The van der Waals surface area contributed by atoms with Gasteiger partial charge >= 0.3 is 0 Å². The van der Waals surface area contributed by atoms with Gasteiger partial charge in [0.05, 0.1) is 23.4 Å². The molecule has 0 saturated heterocycles. The van der Waals surface area contributed by atoms with Gasteiger partial charge in [-0.15, -0.1) is 0 Å². The van der Waals surface area contributed by atoms with Crippen molar-refractivity contribution in [3.8, 4) is 0 Å². The van der Waals surface area contributed by atoms with Gasteiger partial charge < -0.3 is 4.74 Å². The van der Waals surface area contributed by atoms with E-state index in [1.54, 1.807) is 7.11 Å². The van der Waals surface area contributed by atoms with Crippen LogP contribution in [0.15, 0.2) is 58.3 Å². The lowest BCUT2D eigenvalue weighted by Crippen LogP contribution is -2.44. The number of benzene rings is 2. The van der Waals surface area contributed by atoms with Crippen molar-refractivity contribution < 1.29 is 4.74 Å². The smallest absolute Gasteiger partial charge is 0.151 e. The summed E-state index contributed by atoms with van der Waals surface area (Å²) in [6.45, 7) is 1.70. The first-order chi connectivity index (χ1) is 9.25. The lowest BCUT2D eigenvalue weighted by Gasteiger charge is -2.38. The van der Waals surface area contributed by atoms with E-state index in [2.05, 4.69) is 55.6 Å². The highest BCUT2D eigenvalue weighted by Gasteiger charge is 2.36. The zero-order chi connectivity index (χ0) is 13.3. The van der Waals surface area contributed by atoms with Crippen molar-refractivity contribution in [2.45, 2.75) is 9.79 Å². The third-order valence-corrected chi connectivity index (χ3v) is 4.89. The van der Waals surface area contributed by atoms with Crippen molar-refractivity contribution >= 4 is 23.1 Å². The number of nitrogens with zero attached hydrogens (tertiary/aromatic N) is 1. The molecular formula is C16H18NOS+. The van der Waals surface area contributed by atoms with Crippen molar-refractivity contribution in [3.63, 3.8) is 0 Å². The SMILES string of the molecule is COCC[N+]1(C)c2ccccc2Sc2ccccc21. The van der Waals surface area contributed by atoms with Gasteiger partial charge in [0.25, 0.3) is 0 Å². The molecule has 19 heavy (non-hydrogen) atoms. The fourth-order valence-electron chi connectivity index (χ4n) is 2.67. The van der Waals surface area contributed by atoms with E-state index in [0.29, 0.717) is 0 Å². The van der Waals surface area contributed by atoms with Crippen LogP contribution >= 0.6 is 11.8 Å². The Morgan fingerprint density at radius 1 is 0.947 bits per heavy atom. The molecule has 1 heterocycles. The van der Waals surface area contributed by atoms with E-state index in [1.807, 2.05) is 11.8 Å². The van der Waals surface area contributed by atoms with Crippen molar-refractivity contribution in [1.29, 1.82) is 0 Å². The number of para-hydroxylation sites is 2. The van der Waals surface area contributed by atoms with Crippen LogP contribution in [0.1, 0.15) is 0 Å². The first-order valence-electron chi connectivity index (χ1n) is 6.47. The molecule has 0 aliphatic carbocycles. The Morgan fingerprint density at radius 2 is 1.47 bits per heavy atom. The average molecular weight is 272 g/mol. The highest BCUT2D eigenvalue weighted by molar-refractivity contribution is 7.99. The van der Waals surface area contributed by atoms with E-state index < -0.39 is 0 Å². The summed E-state index contributed by atoms with van der Waals surface area (Å²) < 4.78 is 6.13. The van der Waals surface area contributed by atoms with Crippen molar-refractivity contribution in [1.82, 2.24) is 4.48 Å². The summed E-state index contributed by atoms with van der Waals surface area (Å²) in [5, 5.41) is 0. The molecule has 0 unspecified atom stereocenters. The molecule has 3 heteroatoms. The van der Waals surface area contributed by atoms with Crippen LogP contribution in [-0.4, -0.2) is 27.3 Å². The molecule has 3 rings (SSSR count). The van der Waals surface area contributed by atoms with Gasteiger partial charge in [-0.3, -0.25) is 4.48 Å². The molecule has 0 fully saturated rings. The first-order valence-corrected chi connectivity index (χ1v) is 7.29. The quantitative estimate of drug-likeness (QED) is 0.779. The zero-order valence-corrected chi connectivity index (χ0v) is 12.1. The van der Waals surface area contributed by atoms with Crippen LogP contribution in [0.2, 0.25) is 0 Å². The summed E-state index contributed by atoms with van der Waals surface area (Å²) in [4.78, 5) is 2.69. The number of rotatable bonds is 3. The summed E-state index contributed by atoms with van der Waals surface area (Å²) >= 11 is 1.86. The van der Waals surface area contributed by atoms with Crippen LogP contribution < -0.4 is 4.48 Å². The van der Waals surface area contributed by atoms with Gasteiger partial charge in [0.1, 0.15) is 6.54 Å². The molecule has 2 nitrogen and oxygen atoms in total. The van der Waals surface area contributed by atoms with Crippen LogP contribution in [0.4, 0.5) is 11.4 Å². The maximum Gasteiger partial charge on any atom is 0.151 e. The highest BCUT2D eigenvalue weighted by atomic mass is 32.2. The number of hydrogen-bond acceptors (Lipinski definition) is 2. The molecule has 2 aromatic carbocycles. The summed E-state index contributed by atoms with van der Waals surface area (Å²) in [7, 11) is 4.04. The van der Waals surface area contributed by atoms with E-state index in [4.69, 9.17) is 4.74 Å². The van der Waals surface area contributed by atoms with E-state index >= 15 is 0 Å². The Labute approximate surface area is 118 Å². The molecule has 0 atom stereocenters. The molecule has 1 aliphatic rings. The van der Waals surface area contributed by atoms with Crippen molar-refractivity contribution in [2.75, 3.05) is 27.3 Å². The molecule has 1 aliphatic heterocycles. The minimum Gasteiger partial charge on any atom is -0.379 e. The summed E-state index contributed by atoms with van der Waals surface area (Å²) in [5.41, 5.74) is 2.73. The Morgan fingerprint density at radius 3 is 2.00 bits per heavy atom. The highest BCUT2D eigenvalue weighted by Crippen LogP contribution is 2.51. The minimum absolute atomic E-state index is 0.754. The van der Waals surface area contributed by atoms with E-state index in [9.17, 15) is 0 Å². The number of likely N-dealkylation sites (N-methyl/N-ethyl adjacent to an activating group) is 1. The van der Waals surface area contributed by atoms with Crippen LogP contribution in [-0.2, 0) is 4.74 Å². The van der Waals surface area contributed by atoms with Crippen molar-refractivity contribution in [2.24, 2.45) is 0 Å². The summed E-state index contributed by atoms with van der Waals surface area (Å²) in [6, 6.07) is 17.3. The lowest BCUT2D eigenvalue weighted by atomic mass is 10.1. The van der Waals surface area contributed by atoms with E-state index in [0.717, 1.165) is 17.6 Å². The molecule has 0 spiro atoms. The van der Waals surface area contributed by atoms with Gasteiger partial charge in [-0.2, -0.15) is 0 Å². The number of methoxy groups -OCH3 is 1. The maximum atomic E-state index is 5.32. The molecule has 0 saturated carbocycles. The monoisotopic (exact) mass is 272 g/mol. The number of fused-ring (bicyclic) bond motifs is 2. The van der Waals surface area contributed by atoms with Gasteiger partial charge in [-0.1, -0.05) is 36.0 Å². The van der Waals surface area contributed by atoms with Gasteiger partial charge in [0.15, 0.2) is 11.4 Å². The first kappa shape index (κ1) is 12.7. The van der Waals surface area contributed by atoms with Crippen molar-refractivity contribution in [3.05, 3.63) is 48.5 Å². The van der Waals surface area contributed by atoms with Crippen LogP contribution in [0, 0.1) is 0 Å². The molecule has 98 valence electrons. The molecule has 0 amide bonds. The third kappa shape index (κ3) is 2.08. The Hall–Kier alpha value is -1.29. The normalized spacial score (nSPS) is 15.7. The largest absolute Gasteiger partial charge is 0.379 e. The Balaban J connectivity index is 2.16. The van der Waals surface area contributed by atoms with E-state index in [-0.39, 0.29) is 0 Å². The summed E-state index contributed by atoms with van der Waals surface area (Å²) in [5.74, 6) is 0. The minimum atomic E-state index is 0.754. The predicted octanol–water partition coefficient (Wildman–Crippen LogP) is 4.07. The molecular weight excluding hydrogens is 254 g/mol. The summed E-state index contributed by atoms with van der Waals surface area (Å²) in [6.07, 6.45) is 0. The van der Waals surface area contributed by atoms with Crippen LogP contribution in [0.3, 0.4) is 0 Å². The zero-order valence-electron chi connectivity index (χ0n) is 11.3. The molecule has 2 aromatic rings. The lowest BCUT2D eigenvalue weighted by molar-refractivity contribution is 0.178. The molecule has 0 bridgehead atoms. The fraction of sp³-hybridized carbons (Fsp3) is 0.250. The Kier molecular flexibility index (Phi) is 3.35. The maximum absolute atomic E-state index is 5.32. The number of ether oxygens (including phenoxy) is 1. The fourth-order valence-corrected chi connectivity index (χ4v) is 3.94. The average Bonchev–Trinajstić information content (AvgIpc) is 2.46. The standard InChI is InChI=1S/C16H18NOS/c1-17(11-12-18-2)13-7-3-5-9-15(13)19-16-10-6-4-8-14(16)17/h3-10H,11-12H2,1-2H3/q+1. The second-order valence-corrected chi connectivity index (χ2v) is 6.03. The second kappa shape index (κ2) is 5.00. The Bertz CT molecular complexity index is 551. The van der Waals surface area contributed by atoms with Gasteiger partial charge in [0.2, 0.25) is 0 Å². The van der Waals surface area contributed by atoms with Crippen LogP contribution in [0.5, 0.6) is 0 Å². The van der Waals surface area contributed by atoms with Gasteiger partial charge in [-0.05, 0) is 12.1 Å². The van der Waals surface area contributed by atoms with E-state index in [1.165, 1.54) is 21.2 Å². The van der Waals surface area contributed by atoms with Crippen LogP contribution in [0.25, 0.3) is 0 Å². The number of quaternary nitrogens is 1. The third-order valence-electron chi connectivity index (χ3n) is 3.76. The second-order valence-electron chi connectivity index (χ2n) is 4.95. The number of hydrogen-bond donors (Lipinski definition) is 0. The molecule has 0 aromatic heterocycles. The predicted molar refractivity (Wildman–Crippen MR) is 81.1 cm³/mol. The molecule has 0 N–H and O–H groups in total. The van der Waals surface area contributed by atoms with Gasteiger partial charge in [0, 0.05) is 19.2 Å². The molecule has 0 radical (unpaired) electrons. The topological polar surface area (TPSA) is 9.23 Å².